The van der Waals surface area contributed by atoms with Gasteiger partial charge in [-0.1, -0.05) is 0 Å². The summed E-state index contributed by atoms with van der Waals surface area (Å²) in [6.07, 6.45) is 0. The molecule has 0 radical (unpaired) electrons. The van der Waals surface area contributed by atoms with Crippen LogP contribution in [0.2, 0.25) is 17.3 Å². The molecule has 0 N–H and O–H groups in total. The predicted octanol–water partition coefficient (Wildman–Crippen LogP) is -1.63. The van der Waals surface area contributed by atoms with Crippen LogP contribution >= 0.6 is 0 Å². The molecule has 0 aromatic carbocycles. The van der Waals surface area contributed by atoms with Crippen molar-refractivity contribution in [2.24, 2.45) is 0 Å². The molecule has 0 aromatic rings. The van der Waals surface area contributed by atoms with Crippen molar-refractivity contribution < 1.29 is 24.0 Å². The summed E-state index contributed by atoms with van der Waals surface area (Å²) >= 11 is -0.333. The average molecular weight is 245 g/mol. The first-order valence-electron chi connectivity index (χ1n) is 1.50. The monoisotopic (exact) mass is 246 g/mol. The third-order valence-electron chi connectivity index (χ3n) is 0. The second kappa shape index (κ2) is 5.27. The van der Waals surface area contributed by atoms with Crippen molar-refractivity contribution in [3.05, 3.63) is 0 Å². The summed E-state index contributed by atoms with van der Waals surface area (Å²) in [6, 6.07) is 0. The van der Waals surface area contributed by atoms with Crippen LogP contribution in [-0.2, 0) is 0 Å². The topological polar surface area (TPSA) is 0 Å². The van der Waals surface area contributed by atoms with Crippen molar-refractivity contribution in [1.29, 1.82) is 0 Å². The van der Waals surface area contributed by atoms with Crippen LogP contribution in [0.3, 0.4) is 0 Å². The molecule has 2 heteroatoms. The zero-order valence-electron chi connectivity index (χ0n) is 3.88. The molecule has 0 unspecified atom stereocenters. The molecule has 0 atom stereocenters. The van der Waals surface area contributed by atoms with Gasteiger partial charge >= 0.3 is 31.6 Å². The van der Waals surface area contributed by atoms with Gasteiger partial charge in [-0.05, 0) is 0 Å². The minimum atomic E-state index is -0.333. The molecule has 0 saturated heterocycles. The van der Waals surface area contributed by atoms with Gasteiger partial charge in [-0.25, -0.2) is 0 Å². The van der Waals surface area contributed by atoms with Gasteiger partial charge in [0.15, 0.2) is 0 Å². The van der Waals surface area contributed by atoms with Crippen molar-refractivity contribution in [2.45, 2.75) is 17.3 Å². The molecule has 5 heavy (non-hydrogen) atoms. The third-order valence-corrected chi connectivity index (χ3v) is 0. The molecule has 32 valence electrons. The first-order chi connectivity index (χ1) is 1.73. The van der Waals surface area contributed by atoms with E-state index in [-0.39, 0.29) is 38.3 Å². The summed E-state index contributed by atoms with van der Waals surface area (Å²) in [7, 11) is 0. The molecule has 0 fully saturated rings. The molecule has 0 aromatic heterocycles. The largest absolute Gasteiger partial charge is 1.00 e. The Labute approximate surface area is 55.5 Å². The van der Waals surface area contributed by atoms with Crippen LogP contribution < -0.4 is 24.0 Å². The first kappa shape index (κ1) is 9.55. The Hall–Kier alpha value is 1.27. The van der Waals surface area contributed by atoms with Gasteiger partial charge in [-0.3, -0.25) is 0 Å². The van der Waals surface area contributed by atoms with Gasteiger partial charge in [-0.15, -0.1) is 0 Å². The minimum Gasteiger partial charge on any atom is -1.00 e. The summed E-state index contributed by atoms with van der Waals surface area (Å²) in [5.74, 6) is 7.00. The Bertz CT molecular complexity index is 11.6. The molecule has 0 aliphatic heterocycles. The molecule has 0 aliphatic carbocycles. The van der Waals surface area contributed by atoms with E-state index in [1.54, 1.807) is 0 Å². The van der Waals surface area contributed by atoms with E-state index in [0.717, 1.165) is 0 Å². The molecule has 0 saturated carbocycles. The molecule has 0 aliphatic rings. The standard InChI is InChI=1S/C3H9Ge.HI/c1-4(2)3;/h1-3H3;1H/q+1;/p-1. The molecule has 0 spiro atoms. The van der Waals surface area contributed by atoms with Gasteiger partial charge < -0.3 is 24.0 Å². The summed E-state index contributed by atoms with van der Waals surface area (Å²) in [4.78, 5) is 0. The van der Waals surface area contributed by atoms with Crippen LogP contribution in [0.1, 0.15) is 0 Å². The Morgan fingerprint density at radius 3 is 1.00 bits per heavy atom. The fourth-order valence-corrected chi connectivity index (χ4v) is 0. The van der Waals surface area contributed by atoms with E-state index < -0.39 is 0 Å². The number of hydrogen-bond donors (Lipinski definition) is 0. The van der Waals surface area contributed by atoms with Crippen LogP contribution in [0.5, 0.6) is 0 Å². The van der Waals surface area contributed by atoms with Crippen LogP contribution in [0.25, 0.3) is 0 Å². The zero-order valence-corrected chi connectivity index (χ0v) is 8.13. The summed E-state index contributed by atoms with van der Waals surface area (Å²) in [6.45, 7) is 0. The Balaban J connectivity index is 0. The van der Waals surface area contributed by atoms with Crippen molar-refractivity contribution in [2.75, 3.05) is 0 Å². The summed E-state index contributed by atoms with van der Waals surface area (Å²) in [5.41, 5.74) is 0. The second-order valence-electron chi connectivity index (χ2n) is 1.50. The molecule has 0 bridgehead atoms. The fourth-order valence-electron chi connectivity index (χ4n) is 0. The van der Waals surface area contributed by atoms with Gasteiger partial charge in [0.25, 0.3) is 0 Å². The van der Waals surface area contributed by atoms with Gasteiger partial charge in [0, 0.05) is 0 Å². The smallest absolute Gasteiger partial charge is 1.00 e. The van der Waals surface area contributed by atoms with E-state index >= 15 is 0 Å². The van der Waals surface area contributed by atoms with E-state index in [4.69, 9.17) is 0 Å². The van der Waals surface area contributed by atoms with E-state index in [1.165, 1.54) is 0 Å². The molecule has 0 amide bonds. The number of hydrogen-bond acceptors (Lipinski definition) is 0. The Morgan fingerprint density at radius 2 is 1.00 bits per heavy atom. The maximum atomic E-state index is 2.33. The minimum absolute atomic E-state index is 0. The Kier molecular flexibility index (Phi) is 10.1. The van der Waals surface area contributed by atoms with Crippen molar-refractivity contribution in [3.63, 3.8) is 0 Å². The molecule has 0 rings (SSSR count). The van der Waals surface area contributed by atoms with Crippen molar-refractivity contribution >= 4 is 14.3 Å². The van der Waals surface area contributed by atoms with Crippen LogP contribution in [0, 0.1) is 0 Å². The maximum absolute atomic E-state index is 2.33. The molecular formula is C3H9GeI. The normalized spacial score (nSPS) is 5.40. The van der Waals surface area contributed by atoms with E-state index in [1.807, 2.05) is 0 Å². The molecule has 0 nitrogen and oxygen atoms in total. The fraction of sp³-hybridized carbons (Fsp3) is 1.00. The van der Waals surface area contributed by atoms with Crippen LogP contribution in [0.4, 0.5) is 0 Å². The molecule has 0 heterocycles. The quantitative estimate of drug-likeness (QED) is 0.355. The number of halogens is 1. The van der Waals surface area contributed by atoms with Crippen LogP contribution in [-0.4, -0.2) is 14.3 Å². The van der Waals surface area contributed by atoms with Crippen molar-refractivity contribution in [3.8, 4) is 0 Å². The van der Waals surface area contributed by atoms with E-state index in [0.29, 0.717) is 0 Å². The number of rotatable bonds is 0. The van der Waals surface area contributed by atoms with Gasteiger partial charge in [0.2, 0.25) is 0 Å². The average Bonchev–Trinajstić information content (AvgIpc) is 0.811. The maximum Gasteiger partial charge on any atom is -1.00 e. The van der Waals surface area contributed by atoms with Gasteiger partial charge in [0.05, 0.1) is 0 Å². The SMILES string of the molecule is [CH3][Ge+]([CH3])[CH3].[I-]. The third kappa shape index (κ3) is 34.9. The predicted molar refractivity (Wildman–Crippen MR) is 23.3 cm³/mol. The van der Waals surface area contributed by atoms with Gasteiger partial charge in [0.1, 0.15) is 0 Å². The summed E-state index contributed by atoms with van der Waals surface area (Å²) < 4.78 is 0. The molecular weight excluding hydrogens is 236 g/mol. The van der Waals surface area contributed by atoms with E-state index in [9.17, 15) is 0 Å². The van der Waals surface area contributed by atoms with E-state index in [2.05, 4.69) is 17.3 Å². The first-order valence-corrected chi connectivity index (χ1v) is 7.79. The van der Waals surface area contributed by atoms with Gasteiger partial charge in [-0.2, -0.15) is 0 Å². The van der Waals surface area contributed by atoms with Crippen LogP contribution in [0.15, 0.2) is 0 Å². The zero-order chi connectivity index (χ0) is 3.58. The van der Waals surface area contributed by atoms with Crippen molar-refractivity contribution in [1.82, 2.24) is 0 Å². The summed E-state index contributed by atoms with van der Waals surface area (Å²) in [5, 5.41) is 0. The second-order valence-corrected chi connectivity index (χ2v) is 7.79. The Morgan fingerprint density at radius 1 is 1.00 bits per heavy atom.